The number of carbonyl (C=O) groups excluding carboxylic acids is 3. The second-order valence-corrected chi connectivity index (χ2v) is 6.77. The predicted octanol–water partition coefficient (Wildman–Crippen LogP) is 3.53. The Morgan fingerprint density at radius 2 is 1.89 bits per heavy atom. The minimum absolute atomic E-state index is 0.250. The van der Waals surface area contributed by atoms with Gasteiger partial charge in [-0.25, -0.2) is 9.18 Å². The van der Waals surface area contributed by atoms with E-state index in [1.165, 1.54) is 49.6 Å². The Balaban J connectivity index is 1.86. The summed E-state index contributed by atoms with van der Waals surface area (Å²) in [6, 6.07) is 9.14. The molecule has 3 rings (SSSR count). The second kappa shape index (κ2) is 7.59. The quantitative estimate of drug-likeness (QED) is 0.590. The van der Waals surface area contributed by atoms with Gasteiger partial charge in [-0.05, 0) is 42.3 Å². The summed E-state index contributed by atoms with van der Waals surface area (Å²) in [4.78, 5) is 39.0. The van der Waals surface area contributed by atoms with Crippen molar-refractivity contribution in [3.8, 4) is 5.75 Å². The fourth-order valence-corrected chi connectivity index (χ4v) is 3.48. The average molecular weight is 405 g/mol. The van der Waals surface area contributed by atoms with Crippen LogP contribution in [-0.4, -0.2) is 36.3 Å². The Labute approximate surface area is 166 Å². The molecule has 3 amide bonds. The number of methoxy groups -OCH3 is 1. The number of ketones is 1. The molecule has 8 heteroatoms. The Hall–Kier alpha value is -2.93. The van der Waals surface area contributed by atoms with Gasteiger partial charge in [-0.3, -0.25) is 14.5 Å². The monoisotopic (exact) mass is 404 g/mol. The minimum Gasteiger partial charge on any atom is -0.495 e. The van der Waals surface area contributed by atoms with Gasteiger partial charge >= 0.3 is 6.03 Å². The molecule has 0 aliphatic carbocycles. The Kier molecular flexibility index (Phi) is 5.38. The van der Waals surface area contributed by atoms with E-state index >= 15 is 0 Å². The molecule has 0 unspecified atom stereocenters. The van der Waals surface area contributed by atoms with Gasteiger partial charge in [0.1, 0.15) is 17.1 Å². The number of rotatable bonds is 6. The third-order valence-electron chi connectivity index (χ3n) is 4.82. The van der Waals surface area contributed by atoms with Crippen LogP contribution >= 0.6 is 11.6 Å². The highest BCUT2D eigenvalue weighted by molar-refractivity contribution is 6.32. The lowest BCUT2D eigenvalue weighted by molar-refractivity contribution is -0.131. The molecule has 146 valence electrons. The van der Waals surface area contributed by atoms with Crippen molar-refractivity contribution in [3.63, 3.8) is 0 Å². The van der Waals surface area contributed by atoms with Crippen LogP contribution in [0.25, 0.3) is 0 Å². The van der Waals surface area contributed by atoms with Crippen LogP contribution < -0.4 is 10.1 Å². The van der Waals surface area contributed by atoms with Crippen LogP contribution in [-0.2, 0) is 10.3 Å². The number of hydrogen-bond acceptors (Lipinski definition) is 4. The summed E-state index contributed by atoms with van der Waals surface area (Å²) < 4.78 is 18.3. The molecule has 0 radical (unpaired) electrons. The van der Waals surface area contributed by atoms with Crippen LogP contribution in [0.15, 0.2) is 42.5 Å². The van der Waals surface area contributed by atoms with Crippen LogP contribution in [0, 0.1) is 5.82 Å². The second-order valence-electron chi connectivity index (χ2n) is 6.36. The van der Waals surface area contributed by atoms with E-state index in [1.54, 1.807) is 6.92 Å². The molecule has 1 aliphatic heterocycles. The maximum absolute atomic E-state index is 13.3. The molecule has 0 aromatic heterocycles. The number of amides is 3. The molecule has 1 fully saturated rings. The fourth-order valence-electron chi connectivity index (χ4n) is 3.22. The van der Waals surface area contributed by atoms with Crippen molar-refractivity contribution < 1.29 is 23.5 Å². The lowest BCUT2D eigenvalue weighted by atomic mass is 9.87. The summed E-state index contributed by atoms with van der Waals surface area (Å²) in [6.07, 6.45) is 0.252. The Bertz CT molecular complexity index is 948. The molecular formula is C20H18ClFN2O4. The molecule has 1 heterocycles. The number of imide groups is 1. The lowest BCUT2D eigenvalue weighted by Crippen LogP contribution is -2.43. The van der Waals surface area contributed by atoms with E-state index < -0.39 is 35.6 Å². The molecule has 0 bridgehead atoms. The third kappa shape index (κ3) is 3.33. The van der Waals surface area contributed by atoms with Crippen LogP contribution in [0.5, 0.6) is 5.75 Å². The number of ether oxygens (including phenoxy) is 1. The zero-order valence-corrected chi connectivity index (χ0v) is 16.0. The highest BCUT2D eigenvalue weighted by Gasteiger charge is 2.51. The molecule has 1 atom stereocenters. The van der Waals surface area contributed by atoms with E-state index in [0.29, 0.717) is 11.3 Å². The van der Waals surface area contributed by atoms with E-state index in [1.807, 2.05) is 0 Å². The van der Waals surface area contributed by atoms with Gasteiger partial charge in [0.2, 0.25) is 0 Å². The van der Waals surface area contributed by atoms with E-state index in [0.717, 1.165) is 4.90 Å². The fraction of sp³-hybridized carbons (Fsp3) is 0.250. The number of carbonyl (C=O) groups is 3. The van der Waals surface area contributed by atoms with E-state index in [9.17, 15) is 18.8 Å². The molecule has 2 aromatic carbocycles. The van der Waals surface area contributed by atoms with Crippen molar-refractivity contribution in [2.24, 2.45) is 0 Å². The zero-order chi connectivity index (χ0) is 20.5. The van der Waals surface area contributed by atoms with E-state index in [2.05, 4.69) is 5.32 Å². The third-order valence-corrected chi connectivity index (χ3v) is 5.11. The number of benzene rings is 2. The van der Waals surface area contributed by atoms with Gasteiger partial charge in [-0.15, -0.1) is 0 Å². The summed E-state index contributed by atoms with van der Waals surface area (Å²) >= 11 is 6.04. The number of halogens is 2. The maximum Gasteiger partial charge on any atom is 0.325 e. The van der Waals surface area contributed by atoms with Crippen LogP contribution in [0.3, 0.4) is 0 Å². The molecule has 1 aliphatic rings. The molecule has 1 N–H and O–H groups in total. The van der Waals surface area contributed by atoms with Crippen molar-refractivity contribution >= 4 is 29.3 Å². The van der Waals surface area contributed by atoms with Gasteiger partial charge in [0, 0.05) is 5.56 Å². The summed E-state index contributed by atoms with van der Waals surface area (Å²) in [5.41, 5.74) is -0.623. The standard InChI is InChI=1S/C20H18ClFN2O4/c1-3-20(13-5-7-14(22)8-6-13)18(26)24(19(27)23-20)11-16(25)12-4-9-17(28-2)15(21)10-12/h4-10H,3,11H2,1-2H3,(H,23,27)/t20-/m0/s1. The molecule has 1 saturated heterocycles. The molecule has 0 saturated carbocycles. The number of nitrogens with zero attached hydrogens (tertiary/aromatic N) is 1. The number of Topliss-reactive ketones (excluding diaryl/α,β-unsaturated/α-hetero) is 1. The van der Waals surface area contributed by atoms with Gasteiger partial charge in [0.25, 0.3) is 5.91 Å². The van der Waals surface area contributed by atoms with Crippen LogP contribution in [0.1, 0.15) is 29.3 Å². The Morgan fingerprint density at radius 3 is 2.46 bits per heavy atom. The Morgan fingerprint density at radius 1 is 1.21 bits per heavy atom. The van der Waals surface area contributed by atoms with Gasteiger partial charge in [0.05, 0.1) is 18.7 Å². The van der Waals surface area contributed by atoms with Gasteiger partial charge < -0.3 is 10.1 Å². The molecule has 0 spiro atoms. The molecule has 6 nitrogen and oxygen atoms in total. The van der Waals surface area contributed by atoms with Crippen molar-refractivity contribution in [3.05, 3.63) is 64.4 Å². The number of nitrogens with one attached hydrogen (secondary N) is 1. The number of urea groups is 1. The minimum atomic E-state index is -1.33. The van der Waals surface area contributed by atoms with E-state index in [-0.39, 0.29) is 17.0 Å². The van der Waals surface area contributed by atoms with Gasteiger partial charge in [-0.1, -0.05) is 30.7 Å². The topological polar surface area (TPSA) is 75.7 Å². The number of hydrogen-bond donors (Lipinski definition) is 1. The van der Waals surface area contributed by atoms with Crippen molar-refractivity contribution in [2.45, 2.75) is 18.9 Å². The zero-order valence-electron chi connectivity index (χ0n) is 15.3. The SMILES string of the molecule is CC[C@@]1(c2ccc(F)cc2)NC(=O)N(CC(=O)c2ccc(OC)c(Cl)c2)C1=O. The molecule has 28 heavy (non-hydrogen) atoms. The van der Waals surface area contributed by atoms with Crippen molar-refractivity contribution in [1.29, 1.82) is 0 Å². The smallest absolute Gasteiger partial charge is 0.325 e. The average Bonchev–Trinajstić information content (AvgIpc) is 2.93. The summed E-state index contributed by atoms with van der Waals surface area (Å²) in [6.45, 7) is 1.30. The van der Waals surface area contributed by atoms with E-state index in [4.69, 9.17) is 16.3 Å². The highest BCUT2D eigenvalue weighted by Crippen LogP contribution is 2.33. The first kappa shape index (κ1) is 19.8. The largest absolute Gasteiger partial charge is 0.495 e. The predicted molar refractivity (Wildman–Crippen MR) is 101 cm³/mol. The summed E-state index contributed by atoms with van der Waals surface area (Å²) in [5.74, 6) is -1.04. The first-order chi connectivity index (χ1) is 13.3. The van der Waals surface area contributed by atoms with Gasteiger partial charge in [0.15, 0.2) is 5.78 Å². The summed E-state index contributed by atoms with van der Waals surface area (Å²) in [7, 11) is 1.45. The first-order valence-corrected chi connectivity index (χ1v) is 8.97. The lowest BCUT2D eigenvalue weighted by Gasteiger charge is -2.25. The van der Waals surface area contributed by atoms with Crippen LogP contribution in [0.4, 0.5) is 9.18 Å². The van der Waals surface area contributed by atoms with Gasteiger partial charge in [-0.2, -0.15) is 0 Å². The highest BCUT2D eigenvalue weighted by atomic mass is 35.5. The normalized spacial score (nSPS) is 18.9. The molecular weight excluding hydrogens is 387 g/mol. The molecule has 2 aromatic rings. The van der Waals surface area contributed by atoms with Crippen molar-refractivity contribution in [2.75, 3.05) is 13.7 Å². The summed E-state index contributed by atoms with van der Waals surface area (Å²) in [5, 5.41) is 2.91. The first-order valence-electron chi connectivity index (χ1n) is 8.59. The maximum atomic E-state index is 13.3. The van der Waals surface area contributed by atoms with Crippen LogP contribution in [0.2, 0.25) is 5.02 Å². The van der Waals surface area contributed by atoms with Crippen molar-refractivity contribution in [1.82, 2.24) is 10.2 Å².